The van der Waals surface area contributed by atoms with Crippen LogP contribution in [0.25, 0.3) is 5.52 Å². The van der Waals surface area contributed by atoms with Crippen LogP contribution in [0.4, 0.5) is 4.79 Å². The monoisotopic (exact) mass is 370 g/mol. The molecule has 0 saturated carbocycles. The predicted octanol–water partition coefficient (Wildman–Crippen LogP) is 4.10. The minimum Gasteiger partial charge on any atom is -0.445 e. The van der Waals surface area contributed by atoms with E-state index in [9.17, 15) is 4.79 Å². The normalized spacial score (nSPS) is 19.8. The second kappa shape index (κ2) is 6.96. The number of benzene rings is 1. The third kappa shape index (κ3) is 3.12. The summed E-state index contributed by atoms with van der Waals surface area (Å²) >= 11 is 6.15. The summed E-state index contributed by atoms with van der Waals surface area (Å²) in [5.41, 5.74) is 1.70. The van der Waals surface area contributed by atoms with Crippen molar-refractivity contribution in [3.8, 4) is 0 Å². The van der Waals surface area contributed by atoms with E-state index in [2.05, 4.69) is 16.9 Å². The van der Waals surface area contributed by atoms with E-state index in [1.165, 1.54) is 0 Å². The molecule has 1 saturated heterocycles. The second-order valence-electron chi connectivity index (χ2n) is 6.64. The number of hydrogen-bond donors (Lipinski definition) is 0. The summed E-state index contributed by atoms with van der Waals surface area (Å²) in [4.78, 5) is 23.1. The van der Waals surface area contributed by atoms with E-state index in [-0.39, 0.29) is 18.7 Å². The lowest BCUT2D eigenvalue weighted by molar-refractivity contribution is 0.0901. The zero-order valence-corrected chi connectivity index (χ0v) is 15.1. The summed E-state index contributed by atoms with van der Waals surface area (Å²) in [5, 5.41) is 0.399. The molecule has 0 spiro atoms. The molecule has 1 aromatic carbocycles. The van der Waals surface area contributed by atoms with Crippen LogP contribution in [-0.4, -0.2) is 31.9 Å². The van der Waals surface area contributed by atoms with Gasteiger partial charge in [-0.25, -0.2) is 14.8 Å². The topological polar surface area (TPSA) is 59.7 Å². The lowest BCUT2D eigenvalue weighted by Crippen LogP contribution is -2.32. The Balaban J connectivity index is 1.56. The van der Waals surface area contributed by atoms with Gasteiger partial charge < -0.3 is 4.74 Å². The Kier molecular flexibility index (Phi) is 4.51. The first-order chi connectivity index (χ1) is 12.6. The number of ether oxygens (including phenoxy) is 1. The Morgan fingerprint density at radius 2 is 2.12 bits per heavy atom. The fourth-order valence-electron chi connectivity index (χ4n) is 3.46. The van der Waals surface area contributed by atoms with Gasteiger partial charge in [0.15, 0.2) is 5.15 Å². The number of imidazole rings is 1. The first-order valence-corrected chi connectivity index (χ1v) is 8.96. The number of amides is 1. The number of hydrogen-bond acceptors (Lipinski definition) is 4. The zero-order valence-electron chi connectivity index (χ0n) is 14.4. The molecule has 1 aliphatic heterocycles. The Bertz CT molecular complexity index is 928. The number of rotatable bonds is 3. The number of fused-ring (bicyclic) bond motifs is 1. The molecule has 0 aliphatic carbocycles. The van der Waals surface area contributed by atoms with Crippen LogP contribution in [0.1, 0.15) is 30.8 Å². The highest BCUT2D eigenvalue weighted by Gasteiger charge is 2.37. The molecule has 7 heteroatoms. The van der Waals surface area contributed by atoms with Crippen molar-refractivity contribution in [3.63, 3.8) is 0 Å². The summed E-state index contributed by atoms with van der Waals surface area (Å²) in [6, 6.07) is 9.53. The van der Waals surface area contributed by atoms with Gasteiger partial charge in [-0.05, 0) is 17.9 Å². The maximum absolute atomic E-state index is 12.7. The van der Waals surface area contributed by atoms with E-state index >= 15 is 0 Å². The molecule has 2 atom stereocenters. The van der Waals surface area contributed by atoms with Crippen LogP contribution in [0.15, 0.2) is 48.9 Å². The number of carbonyl (C=O) groups is 1. The fraction of sp³-hybridized carbons (Fsp3) is 0.316. The van der Waals surface area contributed by atoms with E-state index in [1.54, 1.807) is 17.3 Å². The van der Waals surface area contributed by atoms with Gasteiger partial charge in [0.25, 0.3) is 0 Å². The van der Waals surface area contributed by atoms with Crippen molar-refractivity contribution in [1.82, 2.24) is 19.3 Å². The molecule has 2 unspecified atom stereocenters. The minimum absolute atomic E-state index is 0.144. The van der Waals surface area contributed by atoms with Gasteiger partial charge in [0.1, 0.15) is 17.9 Å². The fourth-order valence-corrected chi connectivity index (χ4v) is 3.65. The van der Waals surface area contributed by atoms with Gasteiger partial charge in [0.2, 0.25) is 0 Å². The summed E-state index contributed by atoms with van der Waals surface area (Å²) in [6.45, 7) is 3.03. The van der Waals surface area contributed by atoms with Crippen molar-refractivity contribution in [2.24, 2.45) is 5.92 Å². The highest BCUT2D eigenvalue weighted by Crippen LogP contribution is 2.35. The first-order valence-electron chi connectivity index (χ1n) is 8.58. The third-order valence-electron chi connectivity index (χ3n) is 4.69. The van der Waals surface area contributed by atoms with E-state index < -0.39 is 0 Å². The summed E-state index contributed by atoms with van der Waals surface area (Å²) in [5.74, 6) is 1.15. The van der Waals surface area contributed by atoms with Gasteiger partial charge in [0.05, 0.1) is 12.2 Å². The minimum atomic E-state index is -0.319. The zero-order chi connectivity index (χ0) is 18.1. The molecule has 3 aromatic rings. The number of nitrogens with zero attached hydrogens (tertiary/aromatic N) is 4. The molecule has 134 valence electrons. The molecule has 0 radical (unpaired) electrons. The number of halogens is 1. The molecule has 0 bridgehead atoms. The van der Waals surface area contributed by atoms with Crippen molar-refractivity contribution in [1.29, 1.82) is 0 Å². The molecule has 1 aliphatic rings. The molecule has 1 amide bonds. The van der Waals surface area contributed by atoms with Crippen molar-refractivity contribution in [2.75, 3.05) is 6.54 Å². The van der Waals surface area contributed by atoms with E-state index in [0.717, 1.165) is 23.3 Å². The average molecular weight is 371 g/mol. The highest BCUT2D eigenvalue weighted by atomic mass is 35.5. The van der Waals surface area contributed by atoms with E-state index in [0.29, 0.717) is 17.6 Å². The number of likely N-dealkylation sites (tertiary alicyclic amines) is 1. The van der Waals surface area contributed by atoms with Crippen LogP contribution < -0.4 is 0 Å². The predicted molar refractivity (Wildman–Crippen MR) is 97.9 cm³/mol. The molecular weight excluding hydrogens is 352 g/mol. The van der Waals surface area contributed by atoms with E-state index in [4.69, 9.17) is 16.3 Å². The lowest BCUT2D eigenvalue weighted by atomic mass is 10.1. The van der Waals surface area contributed by atoms with Gasteiger partial charge >= 0.3 is 6.09 Å². The van der Waals surface area contributed by atoms with Crippen molar-refractivity contribution in [3.05, 3.63) is 65.5 Å². The SMILES string of the molecule is CC1CC(c2ncc3c(Cl)nccn23)N(C(=O)OCc2ccccc2)C1. The smallest absolute Gasteiger partial charge is 0.410 e. The lowest BCUT2D eigenvalue weighted by Gasteiger charge is -2.23. The highest BCUT2D eigenvalue weighted by molar-refractivity contribution is 6.32. The quantitative estimate of drug-likeness (QED) is 0.696. The van der Waals surface area contributed by atoms with Crippen LogP contribution in [0, 0.1) is 5.92 Å². The van der Waals surface area contributed by atoms with Gasteiger partial charge in [-0.15, -0.1) is 0 Å². The number of aromatic nitrogens is 3. The second-order valence-corrected chi connectivity index (χ2v) is 7.00. The van der Waals surface area contributed by atoms with Gasteiger partial charge in [-0.3, -0.25) is 9.30 Å². The molecule has 26 heavy (non-hydrogen) atoms. The molecule has 6 nitrogen and oxygen atoms in total. The van der Waals surface area contributed by atoms with Crippen molar-refractivity contribution < 1.29 is 9.53 Å². The van der Waals surface area contributed by atoms with E-state index in [1.807, 2.05) is 40.9 Å². The van der Waals surface area contributed by atoms with Crippen LogP contribution in [0.3, 0.4) is 0 Å². The first kappa shape index (κ1) is 16.8. The number of carbonyl (C=O) groups excluding carboxylic acids is 1. The Morgan fingerprint density at radius 1 is 1.31 bits per heavy atom. The van der Waals surface area contributed by atoms with Crippen molar-refractivity contribution >= 4 is 23.2 Å². The van der Waals surface area contributed by atoms with Crippen LogP contribution in [0.2, 0.25) is 5.15 Å². The van der Waals surface area contributed by atoms with Crippen molar-refractivity contribution in [2.45, 2.75) is 26.0 Å². The standard InChI is InChI=1S/C19H19ClN4O2/c1-13-9-15(18-22-10-16-17(20)21-7-8-23(16)18)24(11-13)19(25)26-12-14-5-3-2-4-6-14/h2-8,10,13,15H,9,11-12H2,1H3. The maximum atomic E-state index is 12.7. The Morgan fingerprint density at radius 3 is 2.92 bits per heavy atom. The summed E-state index contributed by atoms with van der Waals surface area (Å²) in [7, 11) is 0. The largest absolute Gasteiger partial charge is 0.445 e. The molecule has 3 heterocycles. The Hall–Kier alpha value is -2.60. The van der Waals surface area contributed by atoms with Gasteiger partial charge in [-0.2, -0.15) is 0 Å². The summed E-state index contributed by atoms with van der Waals surface area (Å²) < 4.78 is 7.43. The third-order valence-corrected chi connectivity index (χ3v) is 4.98. The summed E-state index contributed by atoms with van der Waals surface area (Å²) in [6.07, 6.45) is 5.66. The average Bonchev–Trinajstić information content (AvgIpc) is 3.25. The maximum Gasteiger partial charge on any atom is 0.410 e. The van der Waals surface area contributed by atoms with Crippen LogP contribution in [0.5, 0.6) is 0 Å². The van der Waals surface area contributed by atoms with Crippen LogP contribution in [-0.2, 0) is 11.3 Å². The Labute approximate surface area is 156 Å². The molecule has 0 N–H and O–H groups in total. The molecular formula is C19H19ClN4O2. The van der Waals surface area contributed by atoms with Crippen LogP contribution >= 0.6 is 11.6 Å². The van der Waals surface area contributed by atoms with Gasteiger partial charge in [0, 0.05) is 18.9 Å². The molecule has 4 rings (SSSR count). The molecule has 1 fully saturated rings. The van der Waals surface area contributed by atoms with Gasteiger partial charge in [-0.1, -0.05) is 48.9 Å². The molecule has 2 aromatic heterocycles.